The second-order valence-electron chi connectivity index (χ2n) is 10.9. The Bertz CT molecular complexity index is 1840. The molecule has 0 N–H and O–H groups in total. The first-order valence-electron chi connectivity index (χ1n) is 15.0. The summed E-state index contributed by atoms with van der Waals surface area (Å²) in [5, 5.41) is 13.1. The predicted molar refractivity (Wildman–Crippen MR) is 175 cm³/mol. The molecule has 0 fully saturated rings. The van der Waals surface area contributed by atoms with Crippen molar-refractivity contribution in [2.45, 2.75) is 32.3 Å². The number of ether oxygens (including phenoxy) is 2. The van der Waals surface area contributed by atoms with E-state index < -0.39 is 10.7 Å². The number of thiophene rings is 1. The quantitative estimate of drug-likeness (QED) is 0.0806. The van der Waals surface area contributed by atoms with Gasteiger partial charge in [0.2, 0.25) is 0 Å². The van der Waals surface area contributed by atoms with Crippen molar-refractivity contribution in [1.29, 1.82) is 0 Å². The second-order valence-corrected chi connectivity index (χ2v) is 12.0. The van der Waals surface area contributed by atoms with Gasteiger partial charge in [-0.2, -0.15) is 0 Å². The lowest BCUT2D eigenvalue weighted by Gasteiger charge is -2.22. The van der Waals surface area contributed by atoms with E-state index in [0.717, 1.165) is 28.9 Å². The zero-order valence-electron chi connectivity index (χ0n) is 24.6. The third kappa shape index (κ3) is 6.89. The Morgan fingerprint density at radius 1 is 0.822 bits per heavy atom. The molecule has 45 heavy (non-hydrogen) atoms. The number of hydrogen-bond donors (Lipinski definition) is 0. The number of aryl methyl sites for hydroxylation is 2. The average molecular weight is 621 g/mol. The van der Waals surface area contributed by atoms with E-state index in [-0.39, 0.29) is 49.2 Å². The molecule has 0 unspecified atom stereocenters. The number of Topliss-reactive ketones (excluding diaryl/α,β-unsaturated/α-hetero) is 1. The van der Waals surface area contributed by atoms with Crippen molar-refractivity contribution in [2.75, 3.05) is 19.7 Å². The zero-order valence-corrected chi connectivity index (χ0v) is 25.5. The Hall–Kier alpha value is -5.02. The Kier molecular flexibility index (Phi) is 9.17. The lowest BCUT2D eigenvalue weighted by Crippen LogP contribution is -2.38. The largest absolute Gasteiger partial charge is 0.490 e. The van der Waals surface area contributed by atoms with Crippen LogP contribution in [-0.2, 0) is 19.4 Å². The highest BCUT2D eigenvalue weighted by atomic mass is 32.1. The number of hydrogen-bond acceptors (Lipinski definition) is 7. The number of fused-ring (bicyclic) bond motifs is 3. The van der Waals surface area contributed by atoms with Gasteiger partial charge in [0.25, 0.3) is 5.91 Å². The van der Waals surface area contributed by atoms with E-state index in [1.165, 1.54) is 51.8 Å². The van der Waals surface area contributed by atoms with Crippen LogP contribution in [0.2, 0.25) is 0 Å². The number of rotatable bonds is 12. The maximum atomic E-state index is 13.5. The van der Waals surface area contributed by atoms with Gasteiger partial charge in [0.05, 0.1) is 22.7 Å². The molecule has 1 heterocycles. The lowest BCUT2D eigenvalue weighted by molar-refractivity contribution is -0.386. The molecule has 0 saturated carbocycles. The molecule has 1 amide bonds. The Morgan fingerprint density at radius 2 is 1.58 bits per heavy atom. The first-order valence-corrected chi connectivity index (χ1v) is 15.8. The number of benzene rings is 4. The summed E-state index contributed by atoms with van der Waals surface area (Å²) >= 11 is 1.78. The molecule has 5 aromatic rings. The highest BCUT2D eigenvalue weighted by molar-refractivity contribution is 7.19. The molecule has 8 nitrogen and oxygen atoms in total. The van der Waals surface area contributed by atoms with Gasteiger partial charge in [-0.1, -0.05) is 60.7 Å². The molecule has 0 radical (unpaired) electrons. The monoisotopic (exact) mass is 620 g/mol. The number of nitro benzene ring substituents is 1. The first-order chi connectivity index (χ1) is 22.0. The lowest BCUT2D eigenvalue weighted by atomic mass is 9.96. The number of nitro groups is 1. The summed E-state index contributed by atoms with van der Waals surface area (Å²) in [4.78, 5) is 41.2. The van der Waals surface area contributed by atoms with Gasteiger partial charge < -0.3 is 14.4 Å². The van der Waals surface area contributed by atoms with Gasteiger partial charge in [0.15, 0.2) is 11.5 Å². The Morgan fingerprint density at radius 3 is 2.36 bits per heavy atom. The normalized spacial score (nSPS) is 12.4. The maximum Gasteiger partial charge on any atom is 0.311 e. The van der Waals surface area contributed by atoms with E-state index in [1.54, 1.807) is 35.6 Å². The molecule has 0 atom stereocenters. The summed E-state index contributed by atoms with van der Waals surface area (Å²) < 4.78 is 13.1. The minimum Gasteiger partial charge on any atom is -0.490 e. The molecule has 1 aliphatic rings. The summed E-state index contributed by atoms with van der Waals surface area (Å²) in [5.41, 5.74) is 2.53. The van der Waals surface area contributed by atoms with Gasteiger partial charge in [0, 0.05) is 22.1 Å². The molecule has 0 aliphatic heterocycles. The third-order valence-corrected chi connectivity index (χ3v) is 9.24. The van der Waals surface area contributed by atoms with Gasteiger partial charge >= 0.3 is 5.69 Å². The molecular formula is C36H32N2O6S. The smallest absolute Gasteiger partial charge is 0.311 e. The predicted octanol–water partition coefficient (Wildman–Crippen LogP) is 7.67. The van der Waals surface area contributed by atoms with E-state index in [2.05, 4.69) is 6.07 Å². The topological polar surface area (TPSA) is 99.0 Å². The molecule has 9 heteroatoms. The summed E-state index contributed by atoms with van der Waals surface area (Å²) in [6.07, 6.45) is 4.57. The van der Waals surface area contributed by atoms with Crippen LogP contribution >= 0.6 is 11.3 Å². The van der Waals surface area contributed by atoms with Gasteiger partial charge in [-0.25, -0.2) is 0 Å². The number of ketones is 1. The second kappa shape index (κ2) is 13.7. The van der Waals surface area contributed by atoms with Crippen molar-refractivity contribution < 1.29 is 24.0 Å². The summed E-state index contributed by atoms with van der Waals surface area (Å²) in [6, 6.07) is 28.3. The molecule has 4 aromatic carbocycles. The van der Waals surface area contributed by atoms with Crippen LogP contribution in [0.5, 0.6) is 11.5 Å². The van der Waals surface area contributed by atoms with Crippen LogP contribution in [-0.4, -0.2) is 41.2 Å². The van der Waals surface area contributed by atoms with Crippen LogP contribution in [0.25, 0.3) is 10.1 Å². The van der Waals surface area contributed by atoms with Gasteiger partial charge in [-0.15, -0.1) is 11.3 Å². The fraction of sp³-hybridized carbons (Fsp3) is 0.222. The minimum absolute atomic E-state index is 0.0652. The van der Waals surface area contributed by atoms with Crippen molar-refractivity contribution in [3.05, 3.63) is 134 Å². The van der Waals surface area contributed by atoms with E-state index in [4.69, 9.17) is 9.47 Å². The van der Waals surface area contributed by atoms with Crippen molar-refractivity contribution >= 4 is 38.8 Å². The van der Waals surface area contributed by atoms with E-state index in [9.17, 15) is 19.7 Å². The van der Waals surface area contributed by atoms with E-state index >= 15 is 0 Å². The van der Waals surface area contributed by atoms with Crippen molar-refractivity contribution in [1.82, 2.24) is 4.90 Å². The summed E-state index contributed by atoms with van der Waals surface area (Å²) in [7, 11) is 0. The zero-order chi connectivity index (χ0) is 31.2. The molecule has 0 saturated heterocycles. The van der Waals surface area contributed by atoms with Crippen LogP contribution in [0.4, 0.5) is 5.69 Å². The van der Waals surface area contributed by atoms with Crippen LogP contribution in [0.15, 0.2) is 97.1 Å². The van der Waals surface area contributed by atoms with Crippen LogP contribution in [0, 0.1) is 10.1 Å². The van der Waals surface area contributed by atoms with Gasteiger partial charge in [-0.05, 0) is 72.5 Å². The number of carbonyl (C=O) groups excluding carboxylic acids is 2. The Balaban J connectivity index is 1.19. The standard InChI is InChI=1S/C36H32N2O6S/c39-31(27-18-19-32(30(22-27)38(41)42)44-24-25-10-3-1-4-11-25)23-37(36(40)26-12-5-2-6-13-26)20-21-43-33-16-9-15-29-28-14-7-8-17-34(28)45-35(29)33/h1-6,9-13,15-16,18-19,22H,7-8,14,17,20-21,23-24H2. The molecular weight excluding hydrogens is 588 g/mol. The Labute approximate surface area is 265 Å². The minimum atomic E-state index is -0.569. The fourth-order valence-electron chi connectivity index (χ4n) is 5.61. The molecule has 1 aliphatic carbocycles. The van der Waals surface area contributed by atoms with Gasteiger partial charge in [-0.3, -0.25) is 19.7 Å². The number of carbonyl (C=O) groups is 2. The third-order valence-electron chi connectivity index (χ3n) is 7.92. The number of amides is 1. The van der Waals surface area contributed by atoms with Crippen LogP contribution in [0.1, 0.15) is 49.6 Å². The molecule has 228 valence electrons. The summed E-state index contributed by atoms with van der Waals surface area (Å²) in [6.45, 7) is 0.216. The van der Waals surface area contributed by atoms with Gasteiger partial charge in [0.1, 0.15) is 19.0 Å². The molecule has 0 bridgehead atoms. The van der Waals surface area contributed by atoms with Crippen molar-refractivity contribution in [3.63, 3.8) is 0 Å². The molecule has 0 spiro atoms. The summed E-state index contributed by atoms with van der Waals surface area (Å²) in [5.74, 6) is 0.0854. The van der Waals surface area contributed by atoms with E-state index in [0.29, 0.717) is 5.56 Å². The van der Waals surface area contributed by atoms with Crippen LogP contribution < -0.4 is 9.47 Å². The SMILES string of the molecule is O=C(CN(CCOc1cccc2c3c(sc12)CCCC3)C(=O)c1ccccc1)c1ccc(OCc2ccccc2)c([N+](=O)[O-])c1. The highest BCUT2D eigenvalue weighted by Crippen LogP contribution is 2.40. The fourth-order valence-corrected chi connectivity index (χ4v) is 6.96. The maximum absolute atomic E-state index is 13.5. The van der Waals surface area contributed by atoms with E-state index in [1.807, 2.05) is 48.5 Å². The first kappa shape index (κ1) is 30.0. The molecule has 1 aromatic heterocycles. The average Bonchev–Trinajstić information content (AvgIpc) is 3.47. The van der Waals surface area contributed by atoms with Crippen molar-refractivity contribution in [3.8, 4) is 11.5 Å². The van der Waals surface area contributed by atoms with Crippen LogP contribution in [0.3, 0.4) is 0 Å². The number of nitrogens with zero attached hydrogens (tertiary/aromatic N) is 2. The van der Waals surface area contributed by atoms with Crippen molar-refractivity contribution in [2.24, 2.45) is 0 Å². The molecule has 6 rings (SSSR count). The highest BCUT2D eigenvalue weighted by Gasteiger charge is 2.24.